The second-order valence-electron chi connectivity index (χ2n) is 5.94. The molecular weight excluding hydrogens is 403 g/mol. The lowest BCUT2D eigenvalue weighted by atomic mass is 10.1. The van der Waals surface area contributed by atoms with E-state index in [4.69, 9.17) is 33.0 Å². The van der Waals surface area contributed by atoms with Crippen LogP contribution in [0.15, 0.2) is 35.9 Å². The maximum Gasteiger partial charge on any atom is 0.341 e. The van der Waals surface area contributed by atoms with Gasteiger partial charge in [0.15, 0.2) is 12.4 Å². The molecule has 0 radical (unpaired) electrons. The van der Waals surface area contributed by atoms with Gasteiger partial charge in [-0.1, -0.05) is 35.3 Å². The zero-order valence-electron chi connectivity index (χ0n) is 15.0. The van der Waals surface area contributed by atoms with Crippen LogP contribution in [0.3, 0.4) is 0 Å². The predicted molar refractivity (Wildman–Crippen MR) is 108 cm³/mol. The molecule has 0 unspecified atom stereocenters. The number of carboxylic acids is 1. The van der Waals surface area contributed by atoms with Crippen LogP contribution in [0.2, 0.25) is 10.0 Å². The van der Waals surface area contributed by atoms with E-state index >= 15 is 0 Å². The number of nitrogens with one attached hydrogen (secondary N) is 1. The third-order valence-corrected chi connectivity index (χ3v) is 4.24. The lowest BCUT2D eigenvalue weighted by Crippen LogP contribution is -2.14. The maximum absolute atomic E-state index is 12.5. The first-order valence-electron chi connectivity index (χ1n) is 8.05. The standard InChI is InChI=1S/C20H16Cl2N2O4/c1-11-3-4-12(2)17(5-11)24-20(27)14(9-23)6-13-7-15(21)19(16(22)8-13)28-10-18(25)26/h3-8H,10H2,1-2H3,(H,24,27)(H,25,26)/b14-6+. The van der Waals surface area contributed by atoms with Crippen molar-refractivity contribution in [3.63, 3.8) is 0 Å². The van der Waals surface area contributed by atoms with Crippen LogP contribution in [0.4, 0.5) is 5.69 Å². The summed E-state index contributed by atoms with van der Waals surface area (Å²) in [5, 5.41) is 20.9. The summed E-state index contributed by atoms with van der Waals surface area (Å²) in [5.74, 6) is -1.73. The summed E-state index contributed by atoms with van der Waals surface area (Å²) in [7, 11) is 0. The van der Waals surface area contributed by atoms with E-state index in [9.17, 15) is 14.9 Å². The number of aryl methyl sites for hydroxylation is 2. The molecule has 144 valence electrons. The fourth-order valence-corrected chi connectivity index (χ4v) is 2.92. The number of aliphatic carboxylic acids is 1. The van der Waals surface area contributed by atoms with E-state index in [1.165, 1.54) is 18.2 Å². The van der Waals surface area contributed by atoms with Crippen molar-refractivity contribution >= 4 is 46.8 Å². The third kappa shape index (κ3) is 5.49. The van der Waals surface area contributed by atoms with E-state index < -0.39 is 18.5 Å². The van der Waals surface area contributed by atoms with E-state index in [-0.39, 0.29) is 21.4 Å². The van der Waals surface area contributed by atoms with Gasteiger partial charge >= 0.3 is 5.97 Å². The van der Waals surface area contributed by atoms with Crippen LogP contribution in [0.1, 0.15) is 16.7 Å². The molecule has 2 aromatic rings. The Hall–Kier alpha value is -3.01. The Balaban J connectivity index is 2.28. The Morgan fingerprint density at radius 2 is 1.86 bits per heavy atom. The van der Waals surface area contributed by atoms with Gasteiger partial charge in [0, 0.05) is 5.69 Å². The van der Waals surface area contributed by atoms with Gasteiger partial charge in [-0.2, -0.15) is 5.26 Å². The molecule has 6 nitrogen and oxygen atoms in total. The van der Waals surface area contributed by atoms with Gasteiger partial charge in [-0.15, -0.1) is 0 Å². The molecule has 2 aromatic carbocycles. The number of amides is 1. The van der Waals surface area contributed by atoms with Crippen molar-refractivity contribution < 1.29 is 19.4 Å². The average molecular weight is 419 g/mol. The van der Waals surface area contributed by atoms with Crippen LogP contribution < -0.4 is 10.1 Å². The highest BCUT2D eigenvalue weighted by molar-refractivity contribution is 6.37. The Kier molecular flexibility index (Phi) is 7.05. The second-order valence-corrected chi connectivity index (χ2v) is 6.75. The molecule has 0 saturated carbocycles. The van der Waals surface area contributed by atoms with Crippen LogP contribution >= 0.6 is 23.2 Å². The SMILES string of the molecule is Cc1ccc(C)c(NC(=O)/C(C#N)=C/c2cc(Cl)c(OCC(=O)O)c(Cl)c2)c1. The molecule has 1 amide bonds. The highest BCUT2D eigenvalue weighted by Gasteiger charge is 2.14. The fraction of sp³-hybridized carbons (Fsp3) is 0.150. The molecule has 28 heavy (non-hydrogen) atoms. The summed E-state index contributed by atoms with van der Waals surface area (Å²) in [4.78, 5) is 23.1. The van der Waals surface area contributed by atoms with E-state index in [0.717, 1.165) is 11.1 Å². The number of carbonyl (C=O) groups excluding carboxylic acids is 1. The smallest absolute Gasteiger partial charge is 0.341 e. The molecule has 0 aliphatic heterocycles. The minimum absolute atomic E-state index is 0.0150. The normalized spacial score (nSPS) is 10.9. The van der Waals surface area contributed by atoms with E-state index in [1.807, 2.05) is 38.1 Å². The number of rotatable bonds is 6. The topological polar surface area (TPSA) is 99.4 Å². The number of hydrogen-bond donors (Lipinski definition) is 2. The molecule has 8 heteroatoms. The number of benzene rings is 2. The van der Waals surface area contributed by atoms with E-state index in [2.05, 4.69) is 5.32 Å². The fourth-order valence-electron chi connectivity index (χ4n) is 2.31. The van der Waals surface area contributed by atoms with Gasteiger partial charge in [-0.3, -0.25) is 4.79 Å². The number of carbonyl (C=O) groups is 2. The third-order valence-electron chi connectivity index (χ3n) is 3.68. The zero-order valence-corrected chi connectivity index (χ0v) is 16.6. The lowest BCUT2D eigenvalue weighted by Gasteiger charge is -2.10. The monoisotopic (exact) mass is 418 g/mol. The lowest BCUT2D eigenvalue weighted by molar-refractivity contribution is -0.139. The first kappa shape index (κ1) is 21.3. The molecule has 0 heterocycles. The Bertz CT molecular complexity index is 987. The maximum atomic E-state index is 12.5. The summed E-state index contributed by atoms with van der Waals surface area (Å²) in [6.07, 6.45) is 1.33. The van der Waals surface area contributed by atoms with E-state index in [1.54, 1.807) is 0 Å². The first-order valence-corrected chi connectivity index (χ1v) is 8.81. The van der Waals surface area contributed by atoms with Gasteiger partial charge in [0.2, 0.25) is 0 Å². The van der Waals surface area contributed by atoms with Crippen molar-refractivity contribution in [3.05, 3.63) is 62.6 Å². The molecule has 0 bridgehead atoms. The van der Waals surface area contributed by atoms with Gasteiger partial charge in [0.1, 0.15) is 11.6 Å². The molecule has 2 N–H and O–H groups in total. The minimum Gasteiger partial charge on any atom is -0.479 e. The van der Waals surface area contributed by atoms with Crippen LogP contribution in [-0.2, 0) is 9.59 Å². The summed E-state index contributed by atoms with van der Waals surface area (Å²) < 4.78 is 5.04. The Labute approximate surface area is 171 Å². The van der Waals surface area contributed by atoms with E-state index in [0.29, 0.717) is 11.3 Å². The second kappa shape index (κ2) is 9.27. The summed E-state index contributed by atoms with van der Waals surface area (Å²) >= 11 is 12.2. The average Bonchev–Trinajstić information content (AvgIpc) is 2.61. The van der Waals surface area contributed by atoms with Crippen molar-refractivity contribution in [3.8, 4) is 11.8 Å². The van der Waals surface area contributed by atoms with Crippen molar-refractivity contribution in [2.24, 2.45) is 0 Å². The van der Waals surface area contributed by atoms with Crippen LogP contribution in [-0.4, -0.2) is 23.6 Å². The van der Waals surface area contributed by atoms with Gasteiger partial charge in [0.25, 0.3) is 5.91 Å². The summed E-state index contributed by atoms with van der Waals surface area (Å²) in [6, 6.07) is 10.3. The van der Waals surface area contributed by atoms with Crippen LogP contribution in [0.5, 0.6) is 5.75 Å². The number of anilines is 1. The number of nitrogens with zero attached hydrogens (tertiary/aromatic N) is 1. The molecule has 0 aliphatic rings. The van der Waals surface area contributed by atoms with Gasteiger partial charge < -0.3 is 15.2 Å². The van der Waals surface area contributed by atoms with Gasteiger partial charge in [-0.25, -0.2) is 4.79 Å². The molecule has 0 saturated heterocycles. The zero-order chi connectivity index (χ0) is 20.8. The van der Waals surface area contributed by atoms with Crippen molar-refractivity contribution in [2.45, 2.75) is 13.8 Å². The Morgan fingerprint density at radius 1 is 1.21 bits per heavy atom. The molecule has 0 spiro atoms. The molecule has 0 aliphatic carbocycles. The van der Waals surface area contributed by atoms with Crippen molar-refractivity contribution in [1.82, 2.24) is 0 Å². The number of nitriles is 1. The Morgan fingerprint density at radius 3 is 2.43 bits per heavy atom. The minimum atomic E-state index is -1.18. The molecule has 0 fully saturated rings. The van der Waals surface area contributed by atoms with Gasteiger partial charge in [-0.05, 0) is 54.8 Å². The van der Waals surface area contributed by atoms with Crippen molar-refractivity contribution in [1.29, 1.82) is 5.26 Å². The van der Waals surface area contributed by atoms with Gasteiger partial charge in [0.05, 0.1) is 10.0 Å². The highest BCUT2D eigenvalue weighted by atomic mass is 35.5. The summed E-state index contributed by atoms with van der Waals surface area (Å²) in [5.41, 5.74) is 2.69. The summed E-state index contributed by atoms with van der Waals surface area (Å²) in [6.45, 7) is 3.14. The molecule has 0 aromatic heterocycles. The number of hydrogen-bond acceptors (Lipinski definition) is 4. The number of halogens is 2. The quantitative estimate of drug-likeness (QED) is 0.526. The number of carboxylic acid groups (broad SMARTS) is 1. The number of ether oxygens (including phenoxy) is 1. The van der Waals surface area contributed by atoms with Crippen molar-refractivity contribution in [2.75, 3.05) is 11.9 Å². The highest BCUT2D eigenvalue weighted by Crippen LogP contribution is 2.35. The first-order chi connectivity index (χ1) is 13.2. The molecular formula is C20H16Cl2N2O4. The van der Waals surface area contributed by atoms with Crippen LogP contribution in [0.25, 0.3) is 6.08 Å². The largest absolute Gasteiger partial charge is 0.479 e. The predicted octanol–water partition coefficient (Wildman–Crippen LogP) is 4.62. The molecule has 2 rings (SSSR count). The van der Waals surface area contributed by atoms with Crippen LogP contribution in [0, 0.1) is 25.2 Å². The molecule has 0 atom stereocenters.